The maximum absolute atomic E-state index is 11.5. The van der Waals surface area contributed by atoms with Gasteiger partial charge in [0.25, 0.3) is 5.91 Å². The Balaban J connectivity index is 1.90. The molecule has 3 rings (SSSR count). The predicted octanol–water partition coefficient (Wildman–Crippen LogP) is 2.71. The van der Waals surface area contributed by atoms with Crippen LogP contribution < -0.4 is 21.3 Å². The van der Waals surface area contributed by atoms with Crippen LogP contribution >= 0.6 is 11.8 Å². The molecule has 0 unspecified atom stereocenters. The fourth-order valence-corrected chi connectivity index (χ4v) is 2.80. The van der Waals surface area contributed by atoms with E-state index in [0.717, 1.165) is 27.2 Å². The van der Waals surface area contributed by atoms with Crippen LogP contribution in [0.25, 0.3) is 10.9 Å². The van der Waals surface area contributed by atoms with Crippen molar-refractivity contribution in [2.24, 2.45) is 5.84 Å². The Kier molecular flexibility index (Phi) is 5.01. The Labute approximate surface area is 149 Å². The number of rotatable bonds is 5. The fraction of sp³-hybridized carbons (Fsp3) is 0.118. The average molecular weight is 355 g/mol. The zero-order valence-corrected chi connectivity index (χ0v) is 14.6. The van der Waals surface area contributed by atoms with Crippen molar-refractivity contribution in [2.45, 2.75) is 4.90 Å². The minimum Gasteiger partial charge on any atom is -0.496 e. The summed E-state index contributed by atoms with van der Waals surface area (Å²) in [6.07, 6.45) is 3.73. The highest BCUT2D eigenvalue weighted by molar-refractivity contribution is 7.98. The second-order valence-corrected chi connectivity index (χ2v) is 6.01. The molecule has 0 saturated heterocycles. The summed E-state index contributed by atoms with van der Waals surface area (Å²) in [5, 5.41) is 3.97. The molecule has 4 N–H and O–H groups in total. The molecule has 0 saturated carbocycles. The van der Waals surface area contributed by atoms with Gasteiger partial charge < -0.3 is 10.1 Å². The Bertz CT molecular complexity index is 915. The lowest BCUT2D eigenvalue weighted by molar-refractivity contribution is 0.0953. The number of hydrazine groups is 1. The van der Waals surface area contributed by atoms with Gasteiger partial charge >= 0.3 is 0 Å². The number of carbonyl (C=O) groups is 1. The Hall–Kier alpha value is -2.84. The van der Waals surface area contributed by atoms with Gasteiger partial charge in [0, 0.05) is 22.3 Å². The standard InChI is InChI=1S/C17H17N5O2S/c1-24-15-8-12(25-2)7-14-13(15)9-19-17(21-14)20-11-5-3-10(4-6-11)16(23)22-18/h3-9H,18H2,1-2H3,(H,22,23)(H,19,20,21). The van der Waals surface area contributed by atoms with Gasteiger partial charge in [0.15, 0.2) is 0 Å². The van der Waals surface area contributed by atoms with Crippen LogP contribution in [0.5, 0.6) is 5.75 Å². The number of fused-ring (bicyclic) bond motifs is 1. The number of nitrogens with zero attached hydrogens (tertiary/aromatic N) is 2. The number of hydrogen-bond donors (Lipinski definition) is 3. The van der Waals surface area contributed by atoms with Crippen LogP contribution in [0.2, 0.25) is 0 Å². The summed E-state index contributed by atoms with van der Waals surface area (Å²) in [4.78, 5) is 21.4. The van der Waals surface area contributed by atoms with Crippen molar-refractivity contribution < 1.29 is 9.53 Å². The van der Waals surface area contributed by atoms with Gasteiger partial charge in [0.05, 0.1) is 18.0 Å². The molecule has 1 aromatic heterocycles. The van der Waals surface area contributed by atoms with E-state index in [1.54, 1.807) is 49.3 Å². The number of thioether (sulfide) groups is 1. The SMILES string of the molecule is COc1cc(SC)cc2nc(Nc3ccc(C(=O)NN)cc3)ncc12. The molecule has 3 aromatic rings. The van der Waals surface area contributed by atoms with Crippen LogP contribution in [-0.4, -0.2) is 29.2 Å². The van der Waals surface area contributed by atoms with Gasteiger partial charge in [0.1, 0.15) is 5.75 Å². The lowest BCUT2D eigenvalue weighted by Crippen LogP contribution is -2.29. The fourth-order valence-electron chi connectivity index (χ4n) is 2.34. The normalized spacial score (nSPS) is 10.5. The monoisotopic (exact) mass is 355 g/mol. The summed E-state index contributed by atoms with van der Waals surface area (Å²) in [6.45, 7) is 0. The van der Waals surface area contributed by atoms with Crippen molar-refractivity contribution in [1.82, 2.24) is 15.4 Å². The van der Waals surface area contributed by atoms with E-state index in [-0.39, 0.29) is 5.91 Å². The molecule has 128 valence electrons. The largest absolute Gasteiger partial charge is 0.496 e. The molecule has 1 amide bonds. The highest BCUT2D eigenvalue weighted by Gasteiger charge is 2.08. The molecular weight excluding hydrogens is 338 g/mol. The molecule has 7 nitrogen and oxygen atoms in total. The van der Waals surface area contributed by atoms with E-state index < -0.39 is 0 Å². The van der Waals surface area contributed by atoms with E-state index in [1.807, 2.05) is 18.4 Å². The number of nitrogens with two attached hydrogens (primary N) is 1. The lowest BCUT2D eigenvalue weighted by Gasteiger charge is -2.10. The highest BCUT2D eigenvalue weighted by atomic mass is 32.2. The smallest absolute Gasteiger partial charge is 0.265 e. The summed E-state index contributed by atoms with van der Waals surface area (Å²) < 4.78 is 5.41. The molecule has 0 bridgehead atoms. The zero-order chi connectivity index (χ0) is 17.8. The number of anilines is 2. The molecule has 0 spiro atoms. The van der Waals surface area contributed by atoms with Crippen LogP contribution in [0.15, 0.2) is 47.5 Å². The Morgan fingerprint density at radius 1 is 1.24 bits per heavy atom. The van der Waals surface area contributed by atoms with E-state index >= 15 is 0 Å². The minimum atomic E-state index is -0.342. The molecule has 0 radical (unpaired) electrons. The van der Waals surface area contributed by atoms with Crippen LogP contribution in [0.3, 0.4) is 0 Å². The molecule has 0 aliphatic carbocycles. The molecule has 8 heteroatoms. The van der Waals surface area contributed by atoms with Crippen molar-refractivity contribution in [3.8, 4) is 5.75 Å². The highest BCUT2D eigenvalue weighted by Crippen LogP contribution is 2.30. The molecule has 0 atom stereocenters. The number of aromatic nitrogens is 2. The predicted molar refractivity (Wildman–Crippen MR) is 99.2 cm³/mol. The quantitative estimate of drug-likeness (QED) is 0.280. The van der Waals surface area contributed by atoms with E-state index in [1.165, 1.54) is 0 Å². The summed E-state index contributed by atoms with van der Waals surface area (Å²) in [5.74, 6) is 5.98. The number of carbonyl (C=O) groups excluding carboxylic acids is 1. The molecule has 0 fully saturated rings. The number of amides is 1. The first kappa shape index (κ1) is 17.0. The lowest BCUT2D eigenvalue weighted by atomic mass is 10.2. The van der Waals surface area contributed by atoms with Crippen molar-refractivity contribution >= 4 is 40.2 Å². The zero-order valence-electron chi connectivity index (χ0n) is 13.7. The molecular formula is C17H17N5O2S. The molecule has 1 heterocycles. The van der Waals surface area contributed by atoms with Gasteiger partial charge in [-0.05, 0) is 42.7 Å². The topological polar surface area (TPSA) is 102 Å². The van der Waals surface area contributed by atoms with Gasteiger partial charge in [-0.15, -0.1) is 11.8 Å². The van der Waals surface area contributed by atoms with Crippen molar-refractivity contribution in [2.75, 3.05) is 18.7 Å². The third-order valence-corrected chi connectivity index (χ3v) is 4.33. The van der Waals surface area contributed by atoms with Gasteiger partial charge in [0.2, 0.25) is 5.95 Å². The third-order valence-electron chi connectivity index (χ3n) is 3.63. The summed E-state index contributed by atoms with van der Waals surface area (Å²) in [6, 6.07) is 10.8. The van der Waals surface area contributed by atoms with Crippen LogP contribution in [0.1, 0.15) is 10.4 Å². The molecule has 0 aliphatic rings. The second kappa shape index (κ2) is 7.37. The number of benzene rings is 2. The van der Waals surface area contributed by atoms with Gasteiger partial charge in [-0.1, -0.05) is 0 Å². The van der Waals surface area contributed by atoms with Crippen molar-refractivity contribution in [3.63, 3.8) is 0 Å². The number of nitrogens with one attached hydrogen (secondary N) is 2. The minimum absolute atomic E-state index is 0.342. The third kappa shape index (κ3) is 3.65. The van der Waals surface area contributed by atoms with Crippen molar-refractivity contribution in [3.05, 3.63) is 48.2 Å². The second-order valence-electron chi connectivity index (χ2n) is 5.13. The first-order chi connectivity index (χ1) is 12.1. The maximum Gasteiger partial charge on any atom is 0.265 e. The van der Waals surface area contributed by atoms with Crippen molar-refractivity contribution in [1.29, 1.82) is 0 Å². The van der Waals surface area contributed by atoms with Gasteiger partial charge in [-0.25, -0.2) is 15.8 Å². The maximum atomic E-state index is 11.5. The first-order valence-electron chi connectivity index (χ1n) is 7.41. The Morgan fingerprint density at radius 3 is 2.64 bits per heavy atom. The number of nitrogen functional groups attached to an aromatic ring is 1. The number of ether oxygens (including phenoxy) is 1. The van der Waals surface area contributed by atoms with E-state index in [2.05, 4.69) is 20.7 Å². The first-order valence-corrected chi connectivity index (χ1v) is 8.64. The Morgan fingerprint density at radius 2 is 2.00 bits per heavy atom. The average Bonchev–Trinajstić information content (AvgIpc) is 2.66. The van der Waals surface area contributed by atoms with Crippen LogP contribution in [0.4, 0.5) is 11.6 Å². The summed E-state index contributed by atoms with van der Waals surface area (Å²) in [7, 11) is 1.63. The van der Waals surface area contributed by atoms with E-state index in [9.17, 15) is 4.79 Å². The molecule has 0 aliphatic heterocycles. The number of hydrogen-bond acceptors (Lipinski definition) is 7. The number of methoxy groups -OCH3 is 1. The molecule has 25 heavy (non-hydrogen) atoms. The molecule has 2 aromatic carbocycles. The summed E-state index contributed by atoms with van der Waals surface area (Å²) in [5.41, 5.74) is 4.12. The van der Waals surface area contributed by atoms with Gasteiger partial charge in [-0.3, -0.25) is 10.2 Å². The van der Waals surface area contributed by atoms with Gasteiger partial charge in [-0.2, -0.15) is 0 Å². The van der Waals surface area contributed by atoms with Crippen LogP contribution in [-0.2, 0) is 0 Å². The van der Waals surface area contributed by atoms with Crippen LogP contribution in [0, 0.1) is 0 Å². The van der Waals surface area contributed by atoms with E-state index in [4.69, 9.17) is 10.6 Å². The van der Waals surface area contributed by atoms with E-state index in [0.29, 0.717) is 11.5 Å². The summed E-state index contributed by atoms with van der Waals surface area (Å²) >= 11 is 1.62.